The highest BCUT2D eigenvalue weighted by Crippen LogP contribution is 2.43. The van der Waals surface area contributed by atoms with E-state index in [0.29, 0.717) is 25.1 Å². The number of phenols is 1. The fraction of sp³-hybridized carbons (Fsp3) is 0.286. The van der Waals surface area contributed by atoms with E-state index >= 15 is 0 Å². The van der Waals surface area contributed by atoms with E-state index in [2.05, 4.69) is 0 Å². The van der Waals surface area contributed by atoms with Gasteiger partial charge in [-0.05, 0) is 35.7 Å². The van der Waals surface area contributed by atoms with Gasteiger partial charge in [-0.15, -0.1) is 0 Å². The number of methoxy groups -OCH3 is 1. The van der Waals surface area contributed by atoms with Crippen LogP contribution >= 0.6 is 0 Å². The molecule has 0 unspecified atom stereocenters. The summed E-state index contributed by atoms with van der Waals surface area (Å²) in [5.41, 5.74) is 3.48. The molecule has 7 heteroatoms. The van der Waals surface area contributed by atoms with Crippen molar-refractivity contribution in [1.29, 1.82) is 0 Å². The molecule has 0 aromatic heterocycles. The second-order valence-corrected chi connectivity index (χ2v) is 10.3. The van der Waals surface area contributed by atoms with Gasteiger partial charge >= 0.3 is 0 Å². The third-order valence-electron chi connectivity index (χ3n) is 7.48. The van der Waals surface area contributed by atoms with Crippen LogP contribution < -0.4 is 4.74 Å². The summed E-state index contributed by atoms with van der Waals surface area (Å²) < 4.78 is 31.6. The van der Waals surface area contributed by atoms with Gasteiger partial charge in [-0.25, -0.2) is 0 Å². The van der Waals surface area contributed by atoms with Crippen molar-refractivity contribution in [3.05, 3.63) is 131 Å². The van der Waals surface area contributed by atoms with Gasteiger partial charge in [0, 0.05) is 5.56 Å². The van der Waals surface area contributed by atoms with Gasteiger partial charge in [0.05, 0.1) is 38.6 Å². The maximum atomic E-state index is 11.9. The fourth-order valence-electron chi connectivity index (χ4n) is 5.29. The molecule has 5 atom stereocenters. The highest BCUT2D eigenvalue weighted by molar-refractivity contribution is 5.84. The molecular formula is C35H36O7. The molecule has 0 radical (unpaired) electrons. The molecule has 0 spiro atoms. The molecule has 218 valence electrons. The number of carbonyl (C=O) groups excluding carboxylic acids is 1. The number of phenolic OH excluding ortho intramolecular Hbond substituents is 1. The average molecular weight is 569 g/mol. The van der Waals surface area contributed by atoms with E-state index in [9.17, 15) is 9.90 Å². The summed E-state index contributed by atoms with van der Waals surface area (Å²) in [6.45, 7) is 2.91. The predicted molar refractivity (Wildman–Crippen MR) is 158 cm³/mol. The lowest BCUT2D eigenvalue weighted by Gasteiger charge is -2.45. The number of ether oxygens (including phenoxy) is 5. The first-order chi connectivity index (χ1) is 20.6. The van der Waals surface area contributed by atoms with E-state index < -0.39 is 30.5 Å². The number of aldehydes is 1. The van der Waals surface area contributed by atoms with Crippen molar-refractivity contribution < 1.29 is 33.6 Å². The van der Waals surface area contributed by atoms with E-state index in [1.54, 1.807) is 12.1 Å². The minimum Gasteiger partial charge on any atom is -0.507 e. The van der Waals surface area contributed by atoms with Crippen LogP contribution in [-0.4, -0.2) is 42.9 Å². The van der Waals surface area contributed by atoms with Crippen molar-refractivity contribution in [2.45, 2.75) is 57.3 Å². The Hall–Kier alpha value is -4.01. The van der Waals surface area contributed by atoms with Crippen LogP contribution in [0.15, 0.2) is 103 Å². The molecular weight excluding hydrogens is 532 g/mol. The molecule has 1 aliphatic heterocycles. The highest BCUT2D eigenvalue weighted by Gasteiger charge is 2.48. The SMILES string of the molecule is COc1ccc([C@H]2O[C@@H](C)[C@@H](OCc3ccccc3)[C@@H](OCc3ccccc3)[C@@H]2OCc2ccccc2)c(O)c1C=O. The van der Waals surface area contributed by atoms with Crippen molar-refractivity contribution in [1.82, 2.24) is 0 Å². The van der Waals surface area contributed by atoms with Gasteiger partial charge in [0.2, 0.25) is 0 Å². The molecule has 0 aliphatic carbocycles. The quantitative estimate of drug-likeness (QED) is 0.197. The fourth-order valence-corrected chi connectivity index (χ4v) is 5.29. The van der Waals surface area contributed by atoms with Gasteiger partial charge in [-0.2, -0.15) is 0 Å². The lowest BCUT2D eigenvalue weighted by Crippen LogP contribution is -2.56. The van der Waals surface area contributed by atoms with Gasteiger partial charge < -0.3 is 28.8 Å². The van der Waals surface area contributed by atoms with Gasteiger partial charge in [0.25, 0.3) is 0 Å². The monoisotopic (exact) mass is 568 g/mol. The Labute approximate surface area is 246 Å². The first kappa shape index (κ1) is 29.5. The number of hydrogen-bond acceptors (Lipinski definition) is 7. The molecule has 4 aromatic rings. The second-order valence-electron chi connectivity index (χ2n) is 10.3. The standard InChI is InChI=1S/C35H36O7/c1-24-32(39-21-25-12-6-3-7-13-25)34(40-22-26-14-8-4-9-15-26)35(41-23-27-16-10-5-11-17-27)33(42-24)28-18-19-30(38-2)29(20-36)31(28)37/h3-20,24,32-35,37H,21-23H2,1-2H3/t24-,32+,33+,34+,35+/m0/s1. The average Bonchev–Trinajstić information content (AvgIpc) is 3.03. The van der Waals surface area contributed by atoms with Gasteiger partial charge in [-0.3, -0.25) is 4.79 Å². The molecule has 42 heavy (non-hydrogen) atoms. The lowest BCUT2D eigenvalue weighted by atomic mass is 9.89. The van der Waals surface area contributed by atoms with Crippen LogP contribution in [0.25, 0.3) is 0 Å². The molecule has 1 aliphatic rings. The van der Waals surface area contributed by atoms with E-state index in [0.717, 1.165) is 16.7 Å². The summed E-state index contributed by atoms with van der Waals surface area (Å²) in [5, 5.41) is 11.2. The predicted octanol–water partition coefficient (Wildman–Crippen LogP) is 6.43. The molecule has 1 N–H and O–H groups in total. The van der Waals surface area contributed by atoms with Crippen LogP contribution in [0.5, 0.6) is 11.5 Å². The van der Waals surface area contributed by atoms with Gasteiger partial charge in [0.1, 0.15) is 35.9 Å². The Morgan fingerprint density at radius 3 is 1.64 bits per heavy atom. The Morgan fingerprint density at radius 2 is 1.17 bits per heavy atom. The summed E-state index contributed by atoms with van der Waals surface area (Å²) in [4.78, 5) is 11.9. The smallest absolute Gasteiger partial charge is 0.157 e. The Balaban J connectivity index is 1.52. The Bertz CT molecular complexity index is 1410. The summed E-state index contributed by atoms with van der Waals surface area (Å²) in [5.74, 6) is 0.0677. The number of benzene rings is 4. The molecule has 1 heterocycles. The van der Waals surface area contributed by atoms with Crippen LogP contribution in [0, 0.1) is 0 Å². The molecule has 5 rings (SSSR count). The van der Waals surface area contributed by atoms with Crippen LogP contribution in [-0.2, 0) is 38.8 Å². The highest BCUT2D eigenvalue weighted by atomic mass is 16.6. The van der Waals surface area contributed by atoms with E-state index in [1.165, 1.54) is 7.11 Å². The number of hydrogen-bond donors (Lipinski definition) is 1. The second kappa shape index (κ2) is 14.2. The lowest BCUT2D eigenvalue weighted by molar-refractivity contribution is -0.264. The van der Waals surface area contributed by atoms with E-state index in [-0.39, 0.29) is 23.7 Å². The molecule has 1 fully saturated rings. The third-order valence-corrected chi connectivity index (χ3v) is 7.48. The zero-order chi connectivity index (χ0) is 29.3. The maximum absolute atomic E-state index is 11.9. The third kappa shape index (κ3) is 6.89. The minimum absolute atomic E-state index is 0.0530. The van der Waals surface area contributed by atoms with Crippen LogP contribution in [0.2, 0.25) is 0 Å². The zero-order valence-corrected chi connectivity index (χ0v) is 23.8. The molecule has 4 aromatic carbocycles. The van der Waals surface area contributed by atoms with Gasteiger partial charge in [-0.1, -0.05) is 91.0 Å². The van der Waals surface area contributed by atoms with Crippen molar-refractivity contribution in [2.75, 3.05) is 7.11 Å². The van der Waals surface area contributed by atoms with Crippen LogP contribution in [0.1, 0.15) is 45.6 Å². The van der Waals surface area contributed by atoms with Gasteiger partial charge in [0.15, 0.2) is 6.29 Å². The summed E-state index contributed by atoms with van der Waals surface area (Å²) in [6, 6.07) is 33.0. The number of carbonyl (C=O) groups is 1. The summed E-state index contributed by atoms with van der Waals surface area (Å²) in [7, 11) is 1.45. The molecule has 0 amide bonds. The van der Waals surface area contributed by atoms with Crippen LogP contribution in [0.3, 0.4) is 0 Å². The molecule has 0 bridgehead atoms. The van der Waals surface area contributed by atoms with Crippen molar-refractivity contribution in [3.63, 3.8) is 0 Å². The number of aromatic hydroxyl groups is 1. The Morgan fingerprint density at radius 1 is 0.690 bits per heavy atom. The minimum atomic E-state index is -0.759. The molecule has 7 nitrogen and oxygen atoms in total. The first-order valence-electron chi connectivity index (χ1n) is 14.1. The van der Waals surface area contributed by atoms with Crippen molar-refractivity contribution >= 4 is 6.29 Å². The Kier molecular flexibility index (Phi) is 10.0. The topological polar surface area (TPSA) is 83.5 Å². The normalized spacial score (nSPS) is 22.0. The van der Waals surface area contributed by atoms with E-state index in [1.807, 2.05) is 97.9 Å². The maximum Gasteiger partial charge on any atom is 0.157 e. The van der Waals surface area contributed by atoms with Crippen molar-refractivity contribution in [3.8, 4) is 11.5 Å². The summed E-state index contributed by atoms with van der Waals surface area (Å²) in [6.07, 6.45) is -2.36. The first-order valence-corrected chi connectivity index (χ1v) is 14.1. The van der Waals surface area contributed by atoms with Crippen LogP contribution in [0.4, 0.5) is 0 Å². The zero-order valence-electron chi connectivity index (χ0n) is 23.8. The molecule has 0 saturated carbocycles. The largest absolute Gasteiger partial charge is 0.507 e. The summed E-state index contributed by atoms with van der Waals surface area (Å²) >= 11 is 0. The van der Waals surface area contributed by atoms with E-state index in [4.69, 9.17) is 23.7 Å². The molecule has 1 saturated heterocycles. The number of rotatable bonds is 12. The van der Waals surface area contributed by atoms with Crippen molar-refractivity contribution in [2.24, 2.45) is 0 Å².